The van der Waals surface area contributed by atoms with Gasteiger partial charge in [-0.2, -0.15) is 5.26 Å². The molecule has 0 radical (unpaired) electrons. The Morgan fingerprint density at radius 3 is 1.62 bits per heavy atom. The number of rotatable bonds is 6. The minimum absolute atomic E-state index is 0.349. The Labute approximate surface area is 327 Å². The van der Waals surface area contributed by atoms with Crippen LogP contribution in [-0.4, -0.2) is 15.0 Å². The van der Waals surface area contributed by atoms with Crippen molar-refractivity contribution in [2.75, 3.05) is 0 Å². The van der Waals surface area contributed by atoms with Crippen LogP contribution in [0.3, 0.4) is 0 Å². The maximum atomic E-state index is 9.35. The van der Waals surface area contributed by atoms with Crippen LogP contribution in [0.2, 0.25) is 0 Å². The summed E-state index contributed by atoms with van der Waals surface area (Å²) in [7, 11) is 0. The highest BCUT2D eigenvalue weighted by Crippen LogP contribution is 2.72. The van der Waals surface area contributed by atoms with Crippen molar-refractivity contribution >= 4 is 21.5 Å². The molecule has 3 aliphatic rings. The van der Waals surface area contributed by atoms with Gasteiger partial charge in [-0.1, -0.05) is 140 Å². The Morgan fingerprint density at radius 1 is 0.500 bits per heavy atom. The minimum atomic E-state index is 0.349. The Hall–Kier alpha value is -6.44. The second-order valence-electron chi connectivity index (χ2n) is 16.7. The smallest absolute Gasteiger partial charge is 0.165 e. The Bertz CT molecular complexity index is 2800. The highest BCUT2D eigenvalue weighted by Gasteiger charge is 2.65. The van der Waals surface area contributed by atoms with Gasteiger partial charge >= 0.3 is 0 Å². The van der Waals surface area contributed by atoms with Gasteiger partial charge in [0.2, 0.25) is 0 Å². The average Bonchev–Trinajstić information content (AvgIpc) is 3.77. The molecule has 4 heteroatoms. The van der Waals surface area contributed by atoms with Gasteiger partial charge in [-0.05, 0) is 122 Å². The van der Waals surface area contributed by atoms with Gasteiger partial charge in [0.05, 0.1) is 11.6 Å². The van der Waals surface area contributed by atoms with Crippen molar-refractivity contribution in [1.29, 1.82) is 5.26 Å². The lowest BCUT2D eigenvalue weighted by Gasteiger charge is -2.33. The van der Waals surface area contributed by atoms with Gasteiger partial charge in [-0.3, -0.25) is 0 Å². The van der Waals surface area contributed by atoms with Crippen LogP contribution in [0.15, 0.2) is 152 Å². The van der Waals surface area contributed by atoms with Gasteiger partial charge in [-0.15, -0.1) is 0 Å². The van der Waals surface area contributed by atoms with Gasteiger partial charge in [-0.25, -0.2) is 15.0 Å². The molecule has 0 saturated heterocycles. The first-order valence-electron chi connectivity index (χ1n) is 20.0. The van der Waals surface area contributed by atoms with Crippen LogP contribution in [0, 0.1) is 28.6 Å². The van der Waals surface area contributed by atoms with Crippen molar-refractivity contribution in [3.63, 3.8) is 0 Å². The molecule has 3 fully saturated rings. The van der Waals surface area contributed by atoms with E-state index >= 15 is 0 Å². The van der Waals surface area contributed by atoms with E-state index in [1.807, 2.05) is 48.5 Å². The molecule has 56 heavy (non-hydrogen) atoms. The molecule has 0 amide bonds. The zero-order valence-electron chi connectivity index (χ0n) is 31.4. The molecule has 11 rings (SSSR count). The molecule has 1 heterocycles. The summed E-state index contributed by atoms with van der Waals surface area (Å²) in [6, 6.07) is 55.6. The van der Waals surface area contributed by atoms with Crippen LogP contribution < -0.4 is 0 Å². The summed E-state index contributed by atoms with van der Waals surface area (Å²) in [5, 5.41) is 14.0. The number of nitriles is 1. The molecule has 0 N–H and O–H groups in total. The summed E-state index contributed by atoms with van der Waals surface area (Å²) >= 11 is 0. The Morgan fingerprint density at radius 2 is 1.02 bits per heavy atom. The fourth-order valence-electron chi connectivity index (χ4n) is 11.2. The summed E-state index contributed by atoms with van der Waals surface area (Å²) < 4.78 is 0. The lowest BCUT2D eigenvalue weighted by Crippen LogP contribution is -2.26. The largest absolute Gasteiger partial charge is 0.208 e. The minimum Gasteiger partial charge on any atom is -0.208 e. The van der Waals surface area contributed by atoms with Crippen LogP contribution in [0.5, 0.6) is 0 Å². The maximum absolute atomic E-state index is 9.35. The van der Waals surface area contributed by atoms with E-state index in [2.05, 4.69) is 116 Å². The van der Waals surface area contributed by atoms with E-state index in [0.717, 1.165) is 50.4 Å². The first kappa shape index (κ1) is 32.9. The lowest BCUT2D eigenvalue weighted by atomic mass is 9.72. The molecule has 7 aromatic carbocycles. The van der Waals surface area contributed by atoms with Crippen LogP contribution >= 0.6 is 0 Å². The van der Waals surface area contributed by atoms with E-state index in [4.69, 9.17) is 15.0 Å². The topological polar surface area (TPSA) is 62.5 Å². The van der Waals surface area contributed by atoms with Crippen molar-refractivity contribution in [1.82, 2.24) is 15.0 Å². The summed E-state index contributed by atoms with van der Waals surface area (Å²) in [5.41, 5.74) is 10.5. The summed E-state index contributed by atoms with van der Waals surface area (Å²) in [4.78, 5) is 15.6. The molecular formula is C52H40N4. The first-order chi connectivity index (χ1) is 27.5. The molecule has 2 bridgehead atoms. The fourth-order valence-corrected chi connectivity index (χ4v) is 11.2. The monoisotopic (exact) mass is 720 g/mol. The third-order valence-corrected chi connectivity index (χ3v) is 13.8. The lowest BCUT2D eigenvalue weighted by molar-refractivity contribution is 0.195. The third kappa shape index (κ3) is 5.07. The molecule has 4 atom stereocenters. The van der Waals surface area contributed by atoms with Crippen molar-refractivity contribution in [3.05, 3.63) is 163 Å². The standard InChI is InChI=1S/C52H40N4/c1-51-32-52(29-40(51)26-27-41(51)30-52)39-24-22-35(23-25-39)46-42-14-5-7-16-44(42)47(45-17-8-6-15-43(45)46)50-55-48(36-10-3-2-4-11-36)54-49(56-50)38-13-9-12-37(28-38)34-20-18-33(31-53)19-21-34/h2-25,28,40-41H,26-27,29-30,32H2,1H3/t40-,41+,51-,52?. The average molecular weight is 721 g/mol. The summed E-state index contributed by atoms with van der Waals surface area (Å²) in [5.74, 6) is 3.67. The number of hydrogen-bond donors (Lipinski definition) is 0. The number of fused-ring (bicyclic) bond motifs is 3. The molecular weight excluding hydrogens is 681 g/mol. The van der Waals surface area contributed by atoms with Crippen molar-refractivity contribution in [2.45, 2.75) is 44.4 Å². The second kappa shape index (κ2) is 12.5. The summed E-state index contributed by atoms with van der Waals surface area (Å²) in [6.45, 7) is 2.59. The predicted molar refractivity (Wildman–Crippen MR) is 227 cm³/mol. The van der Waals surface area contributed by atoms with E-state index in [1.165, 1.54) is 54.0 Å². The zero-order valence-corrected chi connectivity index (χ0v) is 31.4. The van der Waals surface area contributed by atoms with Crippen molar-refractivity contribution in [3.8, 4) is 62.5 Å². The van der Waals surface area contributed by atoms with Crippen LogP contribution in [-0.2, 0) is 5.41 Å². The fraction of sp³-hybridized carbons (Fsp3) is 0.192. The van der Waals surface area contributed by atoms with Crippen LogP contribution in [0.1, 0.15) is 50.2 Å². The number of nitrogens with zero attached hydrogens (tertiary/aromatic N) is 4. The Kier molecular flexibility index (Phi) is 7.38. The molecule has 268 valence electrons. The van der Waals surface area contributed by atoms with E-state index in [9.17, 15) is 5.26 Å². The van der Waals surface area contributed by atoms with Crippen molar-refractivity contribution < 1.29 is 0 Å². The molecule has 1 aromatic heterocycles. The highest BCUT2D eigenvalue weighted by atomic mass is 15.0. The SMILES string of the molecule is C[C@@]12CC3(c4ccc(-c5c6ccccc6c(-c6nc(-c7ccccc7)nc(-c7cccc(-c8ccc(C#N)cc8)c7)n6)c6ccccc56)cc4)C[C@H]1CC[C@H]2C3. The van der Waals surface area contributed by atoms with E-state index in [1.54, 1.807) is 5.56 Å². The zero-order chi connectivity index (χ0) is 37.4. The molecule has 0 aliphatic heterocycles. The molecule has 4 nitrogen and oxygen atoms in total. The van der Waals surface area contributed by atoms with Crippen molar-refractivity contribution in [2.24, 2.45) is 17.3 Å². The quantitative estimate of drug-likeness (QED) is 0.160. The van der Waals surface area contributed by atoms with Gasteiger partial charge in [0, 0.05) is 16.7 Å². The third-order valence-electron chi connectivity index (χ3n) is 13.8. The van der Waals surface area contributed by atoms with Gasteiger partial charge in [0.25, 0.3) is 0 Å². The van der Waals surface area contributed by atoms with Crippen LogP contribution in [0.4, 0.5) is 0 Å². The normalized spacial score (nSPS) is 22.1. The molecule has 1 unspecified atom stereocenters. The second-order valence-corrected chi connectivity index (χ2v) is 16.7. The van der Waals surface area contributed by atoms with E-state index in [0.29, 0.717) is 33.9 Å². The molecule has 3 aliphatic carbocycles. The number of benzene rings is 7. The molecule has 3 saturated carbocycles. The van der Waals surface area contributed by atoms with Crippen LogP contribution in [0.25, 0.3) is 78.0 Å². The van der Waals surface area contributed by atoms with Gasteiger partial charge in [0.15, 0.2) is 17.5 Å². The van der Waals surface area contributed by atoms with Gasteiger partial charge < -0.3 is 0 Å². The van der Waals surface area contributed by atoms with E-state index < -0.39 is 0 Å². The number of aromatic nitrogens is 3. The maximum Gasteiger partial charge on any atom is 0.165 e. The molecule has 0 spiro atoms. The van der Waals surface area contributed by atoms with E-state index in [-0.39, 0.29) is 0 Å². The molecule has 8 aromatic rings. The van der Waals surface area contributed by atoms with Gasteiger partial charge in [0.1, 0.15) is 0 Å². The number of hydrogen-bond acceptors (Lipinski definition) is 4. The highest BCUT2D eigenvalue weighted by molar-refractivity contribution is 6.20. The first-order valence-corrected chi connectivity index (χ1v) is 20.0. The summed E-state index contributed by atoms with van der Waals surface area (Å²) in [6.07, 6.45) is 6.92. The predicted octanol–water partition coefficient (Wildman–Crippen LogP) is 12.9. The Balaban J connectivity index is 1.08.